The minimum absolute atomic E-state index is 0.0214. The smallest absolute Gasteiger partial charge is 0.247 e. The lowest BCUT2D eigenvalue weighted by Gasteiger charge is -2.40. The van der Waals surface area contributed by atoms with E-state index in [-0.39, 0.29) is 29.3 Å². The van der Waals surface area contributed by atoms with Crippen LogP contribution in [0.1, 0.15) is 72.4 Å². The quantitative estimate of drug-likeness (QED) is 0.701. The van der Waals surface area contributed by atoms with Gasteiger partial charge in [-0.3, -0.25) is 9.59 Å². The number of rotatable bonds is 6. The maximum absolute atomic E-state index is 13.0. The Hall–Kier alpha value is -2.10. The van der Waals surface area contributed by atoms with Gasteiger partial charge in [-0.05, 0) is 47.3 Å². The van der Waals surface area contributed by atoms with Crippen LogP contribution in [0.4, 0.5) is 0 Å². The van der Waals surface area contributed by atoms with Crippen LogP contribution in [0.2, 0.25) is 0 Å². The van der Waals surface area contributed by atoms with Crippen LogP contribution in [-0.2, 0) is 15.0 Å². The van der Waals surface area contributed by atoms with Gasteiger partial charge in [-0.1, -0.05) is 72.7 Å². The number of amides is 2. The van der Waals surface area contributed by atoms with Crippen molar-refractivity contribution in [3.8, 4) is 0 Å². The minimum atomic E-state index is -0.390. The first-order valence-electron chi connectivity index (χ1n) is 10.9. The number of hydrogen-bond acceptors (Lipinski definition) is 2. The van der Waals surface area contributed by atoms with E-state index in [1.165, 1.54) is 5.56 Å². The third-order valence-corrected chi connectivity index (χ3v) is 5.37. The van der Waals surface area contributed by atoms with Gasteiger partial charge in [0.25, 0.3) is 0 Å². The predicted molar refractivity (Wildman–Crippen MR) is 121 cm³/mol. The van der Waals surface area contributed by atoms with Crippen LogP contribution in [-0.4, -0.2) is 35.3 Å². The van der Waals surface area contributed by atoms with Crippen LogP contribution in [0, 0.1) is 11.8 Å². The van der Waals surface area contributed by atoms with Crippen molar-refractivity contribution in [1.29, 1.82) is 0 Å². The van der Waals surface area contributed by atoms with Gasteiger partial charge in [0.1, 0.15) is 6.04 Å². The second-order valence-electron chi connectivity index (χ2n) is 10.2. The van der Waals surface area contributed by atoms with Crippen LogP contribution >= 0.6 is 0 Å². The molecule has 0 spiro atoms. The summed E-state index contributed by atoms with van der Waals surface area (Å²) < 4.78 is 0. The summed E-state index contributed by atoms with van der Waals surface area (Å²) in [6, 6.07) is 7.94. The van der Waals surface area contributed by atoms with Crippen LogP contribution in [0.5, 0.6) is 0 Å². The molecule has 2 atom stereocenters. The van der Waals surface area contributed by atoms with Crippen molar-refractivity contribution in [2.75, 3.05) is 6.54 Å². The molecule has 0 aliphatic carbocycles. The third kappa shape index (κ3) is 6.73. The second-order valence-corrected chi connectivity index (χ2v) is 10.2. The summed E-state index contributed by atoms with van der Waals surface area (Å²) in [6.07, 6.45) is 5.03. The average Bonchev–Trinajstić information content (AvgIpc) is 2.60. The Morgan fingerprint density at radius 1 is 1.10 bits per heavy atom. The molecule has 4 nitrogen and oxygen atoms in total. The summed E-state index contributed by atoms with van der Waals surface area (Å²) in [5, 5.41) is 3.13. The summed E-state index contributed by atoms with van der Waals surface area (Å²) in [7, 11) is 0. The standard InChI is InChI=1S/C25H38N2O2/c1-17(2)14-21-16-27(22(15-18(3)4)24(29)26-21)23(28)13-10-19-8-11-20(12-9-19)25(5,6)7/h8-13,17-18,21-22H,14-16H2,1-7H3,(H,26,29)/b13-10+/t21-,22-/m0/s1. The Labute approximate surface area is 176 Å². The molecular weight excluding hydrogens is 360 g/mol. The van der Waals surface area contributed by atoms with Gasteiger partial charge in [0, 0.05) is 18.7 Å². The Balaban J connectivity index is 2.16. The molecule has 1 aromatic carbocycles. The van der Waals surface area contributed by atoms with E-state index >= 15 is 0 Å². The van der Waals surface area contributed by atoms with Gasteiger partial charge in [-0.25, -0.2) is 0 Å². The molecule has 0 radical (unpaired) electrons. The van der Waals surface area contributed by atoms with E-state index in [1.807, 2.05) is 18.2 Å². The summed E-state index contributed by atoms with van der Waals surface area (Å²) in [5.41, 5.74) is 2.36. The molecule has 1 saturated heterocycles. The lowest BCUT2D eigenvalue weighted by Crippen LogP contribution is -2.61. The zero-order valence-electron chi connectivity index (χ0n) is 19.2. The van der Waals surface area contributed by atoms with Gasteiger partial charge < -0.3 is 10.2 Å². The molecule has 0 unspecified atom stereocenters. The van der Waals surface area contributed by atoms with Gasteiger partial charge in [-0.15, -0.1) is 0 Å². The number of hydrogen-bond donors (Lipinski definition) is 1. The lowest BCUT2D eigenvalue weighted by molar-refractivity contribution is -0.142. The Kier molecular flexibility index (Phi) is 7.67. The number of carbonyl (C=O) groups excluding carboxylic acids is 2. The molecule has 0 saturated carbocycles. The molecule has 0 aromatic heterocycles. The number of piperazine rings is 1. The van der Waals surface area contributed by atoms with Gasteiger partial charge in [0.05, 0.1) is 0 Å². The molecule has 1 fully saturated rings. The molecule has 1 N–H and O–H groups in total. The first-order valence-corrected chi connectivity index (χ1v) is 10.9. The van der Waals surface area contributed by atoms with E-state index < -0.39 is 0 Å². The molecule has 1 heterocycles. The van der Waals surface area contributed by atoms with Crippen molar-refractivity contribution in [2.45, 2.75) is 78.8 Å². The van der Waals surface area contributed by atoms with E-state index in [0.717, 1.165) is 12.0 Å². The highest BCUT2D eigenvalue weighted by atomic mass is 16.2. The zero-order valence-corrected chi connectivity index (χ0v) is 19.2. The van der Waals surface area contributed by atoms with Crippen molar-refractivity contribution >= 4 is 17.9 Å². The van der Waals surface area contributed by atoms with E-state index in [4.69, 9.17) is 0 Å². The van der Waals surface area contributed by atoms with Crippen molar-refractivity contribution in [3.05, 3.63) is 41.5 Å². The Morgan fingerprint density at radius 2 is 1.69 bits per heavy atom. The molecule has 160 valence electrons. The molecule has 2 rings (SSSR count). The van der Waals surface area contributed by atoms with Gasteiger partial charge >= 0.3 is 0 Å². The van der Waals surface area contributed by atoms with Crippen LogP contribution in [0.25, 0.3) is 6.08 Å². The maximum atomic E-state index is 13.0. The Bertz CT molecular complexity index is 726. The Morgan fingerprint density at radius 3 is 2.21 bits per heavy atom. The van der Waals surface area contributed by atoms with E-state index in [2.05, 4.69) is 65.9 Å². The summed E-state index contributed by atoms with van der Waals surface area (Å²) in [5.74, 6) is 0.707. The second kappa shape index (κ2) is 9.60. The van der Waals surface area contributed by atoms with Crippen LogP contribution in [0.3, 0.4) is 0 Å². The predicted octanol–water partition coefficient (Wildman–Crippen LogP) is 4.79. The molecule has 1 aromatic rings. The van der Waals surface area contributed by atoms with Gasteiger partial charge in [-0.2, -0.15) is 0 Å². The minimum Gasteiger partial charge on any atom is -0.350 e. The first kappa shape index (κ1) is 23.2. The third-order valence-electron chi connectivity index (χ3n) is 5.37. The molecular formula is C25H38N2O2. The fraction of sp³-hybridized carbons (Fsp3) is 0.600. The molecule has 1 aliphatic rings. The topological polar surface area (TPSA) is 49.4 Å². The van der Waals surface area contributed by atoms with Crippen LogP contribution in [0.15, 0.2) is 30.3 Å². The zero-order chi connectivity index (χ0) is 21.8. The highest BCUT2D eigenvalue weighted by molar-refractivity contribution is 5.96. The highest BCUT2D eigenvalue weighted by Gasteiger charge is 2.36. The van der Waals surface area contributed by atoms with E-state index in [0.29, 0.717) is 24.8 Å². The van der Waals surface area contributed by atoms with Crippen LogP contribution < -0.4 is 5.32 Å². The van der Waals surface area contributed by atoms with Crippen molar-refractivity contribution < 1.29 is 9.59 Å². The monoisotopic (exact) mass is 398 g/mol. The summed E-state index contributed by atoms with van der Waals surface area (Å²) >= 11 is 0. The van der Waals surface area contributed by atoms with Gasteiger partial charge in [0.2, 0.25) is 11.8 Å². The fourth-order valence-electron chi connectivity index (χ4n) is 3.83. The molecule has 29 heavy (non-hydrogen) atoms. The first-order chi connectivity index (χ1) is 13.5. The molecule has 4 heteroatoms. The number of benzene rings is 1. The summed E-state index contributed by atoms with van der Waals surface area (Å²) in [6.45, 7) is 15.6. The summed E-state index contributed by atoms with van der Waals surface area (Å²) in [4.78, 5) is 27.5. The SMILES string of the molecule is CC(C)C[C@H]1CN(C(=O)/C=C/c2ccc(C(C)(C)C)cc2)[C@@H](CC(C)C)C(=O)N1. The van der Waals surface area contributed by atoms with E-state index in [1.54, 1.807) is 11.0 Å². The van der Waals surface area contributed by atoms with Crippen molar-refractivity contribution in [2.24, 2.45) is 11.8 Å². The van der Waals surface area contributed by atoms with Crippen molar-refractivity contribution in [1.82, 2.24) is 10.2 Å². The number of nitrogens with one attached hydrogen (secondary N) is 1. The molecule has 1 aliphatic heterocycles. The lowest BCUT2D eigenvalue weighted by atomic mass is 9.87. The average molecular weight is 399 g/mol. The van der Waals surface area contributed by atoms with E-state index in [9.17, 15) is 9.59 Å². The number of nitrogens with zero attached hydrogens (tertiary/aromatic N) is 1. The normalized spacial score (nSPS) is 20.6. The largest absolute Gasteiger partial charge is 0.350 e. The van der Waals surface area contributed by atoms with Gasteiger partial charge in [0.15, 0.2) is 0 Å². The molecule has 0 bridgehead atoms. The number of carbonyl (C=O) groups is 2. The fourth-order valence-corrected chi connectivity index (χ4v) is 3.83. The highest BCUT2D eigenvalue weighted by Crippen LogP contribution is 2.23. The van der Waals surface area contributed by atoms with Crippen molar-refractivity contribution in [3.63, 3.8) is 0 Å². The maximum Gasteiger partial charge on any atom is 0.247 e. The molecule has 2 amide bonds.